The summed E-state index contributed by atoms with van der Waals surface area (Å²) in [4.78, 5) is 4.02. The summed E-state index contributed by atoms with van der Waals surface area (Å²) in [6.07, 6.45) is 4.99. The molecule has 0 aromatic rings. The van der Waals surface area contributed by atoms with E-state index in [0.717, 1.165) is 13.0 Å². The SMILES string of the molecule is C1#[N+]CCCCC1. The van der Waals surface area contributed by atoms with E-state index in [1.54, 1.807) is 0 Å². The van der Waals surface area contributed by atoms with Gasteiger partial charge in [-0.3, -0.25) is 0 Å². The minimum Gasteiger partial charge on any atom is -0.0837 e. The van der Waals surface area contributed by atoms with Gasteiger partial charge in [0.05, 0.1) is 6.42 Å². The molecule has 0 unspecified atom stereocenters. The van der Waals surface area contributed by atoms with Crippen LogP contribution in [0.25, 0.3) is 4.85 Å². The van der Waals surface area contributed by atoms with E-state index in [1.807, 2.05) is 0 Å². The normalized spacial score (nSPS) is 19.4. The molecule has 1 heterocycles. The van der Waals surface area contributed by atoms with Crippen LogP contribution in [0.15, 0.2) is 0 Å². The van der Waals surface area contributed by atoms with Crippen molar-refractivity contribution in [1.29, 1.82) is 0 Å². The van der Waals surface area contributed by atoms with Crippen LogP contribution in [0.1, 0.15) is 25.7 Å². The molecule has 0 atom stereocenters. The van der Waals surface area contributed by atoms with Gasteiger partial charge in [-0.05, 0) is 12.8 Å². The Kier molecular flexibility index (Phi) is 1.74. The molecule has 0 saturated carbocycles. The first-order valence-corrected chi connectivity index (χ1v) is 2.89. The van der Waals surface area contributed by atoms with Crippen LogP contribution >= 0.6 is 0 Å². The van der Waals surface area contributed by atoms with Crippen LogP contribution in [0.2, 0.25) is 0 Å². The Morgan fingerprint density at radius 2 is 2.14 bits per heavy atom. The molecule has 38 valence electrons. The molecule has 0 aromatic carbocycles. The fraction of sp³-hybridized carbons (Fsp3) is 0.833. The van der Waals surface area contributed by atoms with Crippen LogP contribution in [0, 0.1) is 6.07 Å². The molecule has 1 nitrogen and oxygen atoms in total. The summed E-state index contributed by atoms with van der Waals surface area (Å²) in [6.45, 7) is 1.01. The lowest BCUT2D eigenvalue weighted by Crippen LogP contribution is -1.73. The van der Waals surface area contributed by atoms with Crippen molar-refractivity contribution in [3.63, 3.8) is 0 Å². The average molecular weight is 96.2 g/mol. The quantitative estimate of drug-likeness (QED) is 0.433. The fourth-order valence-corrected chi connectivity index (χ4v) is 0.730. The molecule has 1 heteroatoms. The van der Waals surface area contributed by atoms with Crippen LogP contribution in [0.5, 0.6) is 0 Å². The van der Waals surface area contributed by atoms with Crippen molar-refractivity contribution in [3.8, 4) is 6.07 Å². The van der Waals surface area contributed by atoms with E-state index in [1.165, 1.54) is 19.3 Å². The fourth-order valence-electron chi connectivity index (χ4n) is 0.730. The van der Waals surface area contributed by atoms with Gasteiger partial charge in [0.15, 0.2) is 0 Å². The highest BCUT2D eigenvalue weighted by Crippen LogP contribution is 2.02. The van der Waals surface area contributed by atoms with Crippen LogP contribution in [-0.2, 0) is 0 Å². The predicted octanol–water partition coefficient (Wildman–Crippen LogP) is 1.89. The summed E-state index contributed by atoms with van der Waals surface area (Å²) < 4.78 is 0. The van der Waals surface area contributed by atoms with E-state index in [9.17, 15) is 0 Å². The van der Waals surface area contributed by atoms with Crippen LogP contribution in [-0.4, -0.2) is 6.54 Å². The Bertz CT molecular complexity index is 86.5. The zero-order valence-electron chi connectivity index (χ0n) is 4.48. The van der Waals surface area contributed by atoms with E-state index < -0.39 is 0 Å². The molecule has 0 aromatic heterocycles. The smallest absolute Gasteiger partial charge is 0.0837 e. The Hall–Kier alpha value is -0.510. The summed E-state index contributed by atoms with van der Waals surface area (Å²) in [5, 5.41) is 0. The van der Waals surface area contributed by atoms with Gasteiger partial charge in [-0.25, -0.2) is 0 Å². The molecule has 1 aliphatic heterocycles. The van der Waals surface area contributed by atoms with Crippen molar-refractivity contribution in [2.45, 2.75) is 25.7 Å². The highest BCUT2D eigenvalue weighted by molar-refractivity contribution is 4.88. The van der Waals surface area contributed by atoms with Crippen LogP contribution in [0.3, 0.4) is 0 Å². The highest BCUT2D eigenvalue weighted by atomic mass is 14.6. The molecular formula is C6H10N+. The zero-order valence-corrected chi connectivity index (χ0v) is 4.48. The van der Waals surface area contributed by atoms with Gasteiger partial charge in [0.2, 0.25) is 0 Å². The zero-order chi connectivity index (χ0) is 4.95. The monoisotopic (exact) mass is 96.1 g/mol. The first-order chi connectivity index (χ1) is 3.50. The number of hydrogen-bond donors (Lipinski definition) is 0. The minimum absolute atomic E-state index is 1.01. The van der Waals surface area contributed by atoms with E-state index in [0.29, 0.717) is 0 Å². The maximum atomic E-state index is 4.02. The molecule has 0 saturated heterocycles. The number of hydrogen-bond acceptors (Lipinski definition) is 0. The second-order valence-electron chi connectivity index (χ2n) is 1.85. The average Bonchev–Trinajstić information content (AvgIpc) is 1.90. The standard InChI is InChI=1S/C6H10N/c1-2-4-6-7-5-3-1/h1-5H2/q+1. The third-order valence-electron chi connectivity index (χ3n) is 1.17. The molecule has 7 heavy (non-hydrogen) atoms. The second-order valence-corrected chi connectivity index (χ2v) is 1.85. The van der Waals surface area contributed by atoms with Gasteiger partial charge in [-0.2, -0.15) is 0 Å². The lowest BCUT2D eigenvalue weighted by atomic mass is 10.2. The van der Waals surface area contributed by atoms with Crippen LogP contribution < -0.4 is 0 Å². The van der Waals surface area contributed by atoms with Gasteiger partial charge >= 0.3 is 0 Å². The Morgan fingerprint density at radius 1 is 1.14 bits per heavy atom. The molecule has 1 rings (SSSR count). The first kappa shape index (κ1) is 4.64. The highest BCUT2D eigenvalue weighted by Gasteiger charge is 1.97. The van der Waals surface area contributed by atoms with Crippen molar-refractivity contribution in [2.75, 3.05) is 6.54 Å². The molecule has 0 radical (unpaired) electrons. The van der Waals surface area contributed by atoms with Gasteiger partial charge in [-0.15, -0.1) is 0 Å². The molecule has 0 amide bonds. The minimum atomic E-state index is 1.01. The topological polar surface area (TPSA) is 4.36 Å². The van der Waals surface area contributed by atoms with E-state index in [2.05, 4.69) is 10.9 Å². The summed E-state index contributed by atoms with van der Waals surface area (Å²) in [5.41, 5.74) is 0. The molecule has 0 bridgehead atoms. The third-order valence-corrected chi connectivity index (χ3v) is 1.17. The van der Waals surface area contributed by atoms with Crippen molar-refractivity contribution >= 4 is 0 Å². The third kappa shape index (κ3) is 1.59. The Morgan fingerprint density at radius 3 is 3.14 bits per heavy atom. The van der Waals surface area contributed by atoms with Crippen molar-refractivity contribution in [1.82, 2.24) is 0 Å². The van der Waals surface area contributed by atoms with E-state index in [-0.39, 0.29) is 0 Å². The van der Waals surface area contributed by atoms with Gasteiger partial charge < -0.3 is 0 Å². The Labute approximate surface area is 44.2 Å². The molecular weight excluding hydrogens is 86.1 g/mol. The first-order valence-electron chi connectivity index (χ1n) is 2.89. The lowest BCUT2D eigenvalue weighted by Gasteiger charge is -1.79. The van der Waals surface area contributed by atoms with Gasteiger partial charge in [0, 0.05) is 6.42 Å². The lowest BCUT2D eigenvalue weighted by molar-refractivity contribution is 0.740. The largest absolute Gasteiger partial charge is 0.272 e. The van der Waals surface area contributed by atoms with E-state index >= 15 is 0 Å². The second kappa shape index (κ2) is 2.63. The molecule has 0 fully saturated rings. The summed E-state index contributed by atoms with van der Waals surface area (Å²) in [6, 6.07) is 2.97. The molecule has 0 N–H and O–H groups in total. The number of nitrogens with zero attached hydrogens (tertiary/aromatic N) is 1. The van der Waals surface area contributed by atoms with E-state index in [4.69, 9.17) is 0 Å². The summed E-state index contributed by atoms with van der Waals surface area (Å²) in [5.74, 6) is 0. The van der Waals surface area contributed by atoms with Crippen molar-refractivity contribution in [2.24, 2.45) is 0 Å². The number of rotatable bonds is 0. The molecule has 0 aliphatic carbocycles. The van der Waals surface area contributed by atoms with Gasteiger partial charge in [0.25, 0.3) is 12.6 Å². The van der Waals surface area contributed by atoms with Crippen molar-refractivity contribution < 1.29 is 0 Å². The summed E-state index contributed by atoms with van der Waals surface area (Å²) in [7, 11) is 0. The molecule has 1 aliphatic rings. The maximum Gasteiger partial charge on any atom is 0.272 e. The van der Waals surface area contributed by atoms with Crippen LogP contribution in [0.4, 0.5) is 0 Å². The molecule has 0 spiro atoms. The van der Waals surface area contributed by atoms with Gasteiger partial charge in [0.1, 0.15) is 0 Å². The van der Waals surface area contributed by atoms with Gasteiger partial charge in [-0.1, -0.05) is 4.85 Å². The Balaban J connectivity index is 2.26. The summed E-state index contributed by atoms with van der Waals surface area (Å²) >= 11 is 0. The predicted molar refractivity (Wildman–Crippen MR) is 30.6 cm³/mol. The van der Waals surface area contributed by atoms with Crippen molar-refractivity contribution in [3.05, 3.63) is 4.85 Å². The maximum absolute atomic E-state index is 4.02.